The molecule has 1 N–H and O–H groups in total. The molecule has 0 fully saturated rings. The largest absolute Gasteiger partial charge is 0.469 e. The molecule has 22 heavy (non-hydrogen) atoms. The van der Waals surface area contributed by atoms with Crippen molar-refractivity contribution in [1.82, 2.24) is 4.98 Å². The van der Waals surface area contributed by atoms with Crippen LogP contribution < -0.4 is 4.74 Å². The number of pyridine rings is 1. The van der Waals surface area contributed by atoms with E-state index in [4.69, 9.17) is 16.3 Å². The van der Waals surface area contributed by atoms with E-state index in [1.165, 1.54) is 6.07 Å². The predicted molar refractivity (Wildman–Crippen MR) is 83.8 cm³/mol. The summed E-state index contributed by atoms with van der Waals surface area (Å²) in [6.07, 6.45) is 1.29. The third kappa shape index (κ3) is 2.69. The van der Waals surface area contributed by atoms with Crippen molar-refractivity contribution in [2.24, 2.45) is 0 Å². The molecule has 5 heteroatoms. The Morgan fingerprint density at radius 2 is 2.14 bits per heavy atom. The minimum atomic E-state index is -0.673. The van der Waals surface area contributed by atoms with Crippen molar-refractivity contribution in [2.45, 2.75) is 32.3 Å². The van der Waals surface area contributed by atoms with Crippen molar-refractivity contribution in [3.63, 3.8) is 0 Å². The molecule has 2 heterocycles. The second kappa shape index (κ2) is 5.52. The van der Waals surface area contributed by atoms with E-state index in [1.54, 1.807) is 12.1 Å². The Morgan fingerprint density at radius 1 is 1.36 bits per heavy atom. The quantitative estimate of drug-likeness (QED) is 0.852. The average Bonchev–Trinajstić information content (AvgIpc) is 2.46. The van der Waals surface area contributed by atoms with Crippen LogP contribution >= 0.6 is 11.6 Å². The normalized spacial score (nSPS) is 20.4. The minimum Gasteiger partial charge on any atom is -0.469 e. The number of hydrogen-bond donors (Lipinski definition) is 1. The van der Waals surface area contributed by atoms with Crippen LogP contribution in [0.2, 0.25) is 5.15 Å². The van der Waals surface area contributed by atoms with Crippen LogP contribution in [-0.4, -0.2) is 22.3 Å². The summed E-state index contributed by atoms with van der Waals surface area (Å²) in [5.41, 5.74) is 2.21. The highest BCUT2D eigenvalue weighted by Gasteiger charge is 2.33. The number of hydrogen-bond acceptors (Lipinski definition) is 3. The standard InChI is InChI=1S/C17H17ClFNO2/c1-10-3-4-11(14(19)7-10)13-8-15(18)20-16-12(13)5-6-17(2,9-21)22-16/h3-4,7-8,21H,5-6,9H2,1-2H3. The number of aliphatic hydroxyl groups is 1. The maximum Gasteiger partial charge on any atom is 0.219 e. The molecule has 2 aromatic rings. The van der Waals surface area contributed by atoms with Crippen molar-refractivity contribution in [2.75, 3.05) is 6.61 Å². The Bertz CT molecular complexity index is 735. The summed E-state index contributed by atoms with van der Waals surface area (Å²) >= 11 is 6.08. The highest BCUT2D eigenvalue weighted by Crippen LogP contribution is 2.40. The number of ether oxygens (including phenoxy) is 1. The molecule has 0 amide bonds. The molecule has 1 aliphatic heterocycles. The van der Waals surface area contributed by atoms with E-state index >= 15 is 0 Å². The third-order valence-electron chi connectivity index (χ3n) is 4.05. The van der Waals surface area contributed by atoms with Crippen molar-refractivity contribution in [3.8, 4) is 17.0 Å². The van der Waals surface area contributed by atoms with Crippen molar-refractivity contribution in [1.29, 1.82) is 0 Å². The number of rotatable bonds is 2. The van der Waals surface area contributed by atoms with E-state index in [9.17, 15) is 9.50 Å². The molecule has 0 saturated heterocycles. The van der Waals surface area contributed by atoms with Gasteiger partial charge in [-0.05, 0) is 49.9 Å². The summed E-state index contributed by atoms with van der Waals surface area (Å²) in [6.45, 7) is 3.57. The predicted octanol–water partition coefficient (Wildman–Crippen LogP) is 3.93. The molecule has 1 aliphatic rings. The molecule has 1 unspecified atom stereocenters. The first-order chi connectivity index (χ1) is 10.4. The molecule has 0 bridgehead atoms. The second-order valence-corrected chi connectivity index (χ2v) is 6.36. The zero-order valence-electron chi connectivity index (χ0n) is 12.5. The summed E-state index contributed by atoms with van der Waals surface area (Å²) in [5.74, 6) is 0.0882. The van der Waals surface area contributed by atoms with Crippen molar-refractivity contribution >= 4 is 11.6 Å². The fourth-order valence-corrected chi connectivity index (χ4v) is 2.89. The van der Waals surface area contributed by atoms with Gasteiger partial charge in [-0.1, -0.05) is 23.7 Å². The maximum absolute atomic E-state index is 14.3. The lowest BCUT2D eigenvalue weighted by Gasteiger charge is -2.34. The molecule has 1 atom stereocenters. The maximum atomic E-state index is 14.3. The van der Waals surface area contributed by atoms with E-state index in [-0.39, 0.29) is 17.6 Å². The van der Waals surface area contributed by atoms with E-state index in [2.05, 4.69) is 4.98 Å². The zero-order chi connectivity index (χ0) is 15.9. The third-order valence-corrected chi connectivity index (χ3v) is 4.24. The Balaban J connectivity index is 2.14. The lowest BCUT2D eigenvalue weighted by atomic mass is 9.90. The van der Waals surface area contributed by atoms with E-state index in [0.29, 0.717) is 29.8 Å². The van der Waals surface area contributed by atoms with Gasteiger partial charge in [0.25, 0.3) is 0 Å². The number of aliphatic hydroxyl groups excluding tert-OH is 1. The molecule has 0 saturated carbocycles. The van der Waals surface area contributed by atoms with E-state index in [0.717, 1.165) is 11.1 Å². The van der Waals surface area contributed by atoms with Gasteiger partial charge in [0.2, 0.25) is 5.88 Å². The number of fused-ring (bicyclic) bond motifs is 1. The van der Waals surface area contributed by atoms with Gasteiger partial charge >= 0.3 is 0 Å². The Morgan fingerprint density at radius 3 is 2.82 bits per heavy atom. The second-order valence-electron chi connectivity index (χ2n) is 5.97. The van der Waals surface area contributed by atoms with Crippen LogP contribution in [-0.2, 0) is 6.42 Å². The van der Waals surface area contributed by atoms with Crippen LogP contribution in [0.5, 0.6) is 5.88 Å². The van der Waals surface area contributed by atoms with Gasteiger partial charge in [0, 0.05) is 11.1 Å². The number of aryl methyl sites for hydroxylation is 1. The Hall–Kier alpha value is -1.65. The van der Waals surface area contributed by atoms with Gasteiger partial charge in [0.15, 0.2) is 0 Å². The SMILES string of the molecule is Cc1ccc(-c2cc(Cl)nc3c2CCC(C)(CO)O3)c(F)c1. The van der Waals surface area contributed by atoms with Crippen LogP contribution in [0.25, 0.3) is 11.1 Å². The van der Waals surface area contributed by atoms with Gasteiger partial charge < -0.3 is 9.84 Å². The summed E-state index contributed by atoms with van der Waals surface area (Å²) in [6, 6.07) is 6.77. The van der Waals surface area contributed by atoms with Gasteiger partial charge in [-0.2, -0.15) is 0 Å². The number of halogens is 2. The molecular weight excluding hydrogens is 305 g/mol. The molecule has 0 radical (unpaired) electrons. The minimum absolute atomic E-state index is 0.102. The lowest BCUT2D eigenvalue weighted by molar-refractivity contribution is 0.00421. The summed E-state index contributed by atoms with van der Waals surface area (Å²) in [5, 5.41) is 9.71. The van der Waals surface area contributed by atoms with Gasteiger partial charge in [0.05, 0.1) is 6.61 Å². The smallest absolute Gasteiger partial charge is 0.219 e. The molecule has 0 spiro atoms. The van der Waals surface area contributed by atoms with E-state index in [1.807, 2.05) is 19.9 Å². The van der Waals surface area contributed by atoms with Gasteiger partial charge in [-0.15, -0.1) is 0 Å². The topological polar surface area (TPSA) is 42.4 Å². The van der Waals surface area contributed by atoms with Crippen LogP contribution in [0.15, 0.2) is 24.3 Å². The van der Waals surface area contributed by atoms with Crippen LogP contribution in [0.3, 0.4) is 0 Å². The molecule has 0 aliphatic carbocycles. The highest BCUT2D eigenvalue weighted by molar-refractivity contribution is 6.29. The molecule has 3 nitrogen and oxygen atoms in total. The first-order valence-corrected chi connectivity index (χ1v) is 7.55. The summed E-state index contributed by atoms with van der Waals surface area (Å²) in [4.78, 5) is 4.20. The first-order valence-electron chi connectivity index (χ1n) is 7.18. The highest BCUT2D eigenvalue weighted by atomic mass is 35.5. The van der Waals surface area contributed by atoms with Crippen LogP contribution in [0.4, 0.5) is 4.39 Å². The summed E-state index contributed by atoms with van der Waals surface area (Å²) in [7, 11) is 0. The van der Waals surface area contributed by atoms with Crippen molar-refractivity contribution in [3.05, 3.63) is 46.4 Å². The molecule has 116 valence electrons. The van der Waals surface area contributed by atoms with E-state index < -0.39 is 5.60 Å². The number of aromatic nitrogens is 1. The lowest BCUT2D eigenvalue weighted by Crippen LogP contribution is -2.40. The fourth-order valence-electron chi connectivity index (χ4n) is 2.71. The van der Waals surface area contributed by atoms with Crippen LogP contribution in [0.1, 0.15) is 24.5 Å². The molecule has 1 aromatic heterocycles. The van der Waals surface area contributed by atoms with Gasteiger partial charge in [0.1, 0.15) is 16.6 Å². The fraction of sp³-hybridized carbons (Fsp3) is 0.353. The number of nitrogens with zero attached hydrogens (tertiary/aromatic N) is 1. The number of benzene rings is 1. The van der Waals surface area contributed by atoms with Gasteiger partial charge in [-0.25, -0.2) is 9.37 Å². The molecule has 3 rings (SSSR count). The zero-order valence-corrected chi connectivity index (χ0v) is 13.2. The Labute approximate surface area is 133 Å². The average molecular weight is 322 g/mol. The monoisotopic (exact) mass is 321 g/mol. The van der Waals surface area contributed by atoms with Gasteiger partial charge in [-0.3, -0.25) is 0 Å². The molecular formula is C17H17ClFNO2. The van der Waals surface area contributed by atoms with Crippen molar-refractivity contribution < 1.29 is 14.2 Å². The first kappa shape index (κ1) is 15.3. The summed E-state index contributed by atoms with van der Waals surface area (Å²) < 4.78 is 20.1. The van der Waals surface area contributed by atoms with Crippen LogP contribution in [0, 0.1) is 12.7 Å². The Kier molecular flexibility index (Phi) is 3.83. The molecule has 1 aromatic carbocycles.